The van der Waals surface area contributed by atoms with Crippen LogP contribution in [0.3, 0.4) is 0 Å². The van der Waals surface area contributed by atoms with Crippen LogP contribution in [0.1, 0.15) is 17.0 Å². The first-order valence-electron chi connectivity index (χ1n) is 9.90. The summed E-state index contributed by atoms with van der Waals surface area (Å²) in [6.07, 6.45) is 0.728. The Hall–Kier alpha value is -3.15. The van der Waals surface area contributed by atoms with Crippen LogP contribution in [0.5, 0.6) is 0 Å². The number of aromatic nitrogens is 2. The van der Waals surface area contributed by atoms with E-state index in [2.05, 4.69) is 9.88 Å². The third kappa shape index (κ3) is 3.82. The van der Waals surface area contributed by atoms with Gasteiger partial charge in [0.05, 0.1) is 17.8 Å². The smallest absolute Gasteiger partial charge is 0.255 e. The van der Waals surface area contributed by atoms with Gasteiger partial charge >= 0.3 is 0 Å². The molecule has 150 valence electrons. The molecule has 0 aliphatic carbocycles. The van der Waals surface area contributed by atoms with Gasteiger partial charge in [0.2, 0.25) is 0 Å². The lowest BCUT2D eigenvalue weighted by atomic mass is 10.1. The molecule has 5 nitrogen and oxygen atoms in total. The highest BCUT2D eigenvalue weighted by Gasteiger charge is 2.22. The van der Waals surface area contributed by atoms with E-state index in [-0.39, 0.29) is 5.56 Å². The maximum atomic E-state index is 12.7. The molecule has 0 bridgehead atoms. The summed E-state index contributed by atoms with van der Waals surface area (Å²) < 4.78 is 6.02. The molecule has 5 rings (SSSR count). The number of nitrogens with zero attached hydrogens (tertiary/aromatic N) is 2. The Morgan fingerprint density at radius 1 is 1.00 bits per heavy atom. The molecule has 1 aliphatic heterocycles. The monoisotopic (exact) mass is 417 g/mol. The fraction of sp³-hybridized carbons (Fsp3) is 0.167. The van der Waals surface area contributed by atoms with E-state index in [1.54, 1.807) is 12.1 Å². The van der Waals surface area contributed by atoms with Crippen LogP contribution >= 0.6 is 11.6 Å². The zero-order valence-electron chi connectivity index (χ0n) is 16.3. The van der Waals surface area contributed by atoms with Gasteiger partial charge in [-0.1, -0.05) is 41.9 Å². The van der Waals surface area contributed by atoms with Crippen molar-refractivity contribution >= 4 is 11.6 Å². The molecule has 0 saturated heterocycles. The summed E-state index contributed by atoms with van der Waals surface area (Å²) in [7, 11) is 0. The summed E-state index contributed by atoms with van der Waals surface area (Å²) in [6.45, 7) is 2.04. The van der Waals surface area contributed by atoms with Crippen LogP contribution in [0, 0.1) is 0 Å². The first-order valence-corrected chi connectivity index (χ1v) is 10.3. The fourth-order valence-corrected chi connectivity index (χ4v) is 3.93. The molecule has 0 atom stereocenters. The summed E-state index contributed by atoms with van der Waals surface area (Å²) >= 11 is 5.96. The van der Waals surface area contributed by atoms with Crippen molar-refractivity contribution in [3.8, 4) is 22.7 Å². The number of rotatable bonds is 4. The topological polar surface area (TPSA) is 62.1 Å². The van der Waals surface area contributed by atoms with Gasteiger partial charge in [-0.05, 0) is 36.4 Å². The number of hydrogen-bond acceptors (Lipinski definition) is 4. The maximum absolute atomic E-state index is 12.7. The lowest BCUT2D eigenvalue weighted by Gasteiger charge is -2.26. The number of hydrogen-bond donors (Lipinski definition) is 1. The second-order valence-electron chi connectivity index (χ2n) is 7.44. The Morgan fingerprint density at radius 2 is 1.80 bits per heavy atom. The van der Waals surface area contributed by atoms with Crippen LogP contribution in [-0.2, 0) is 19.5 Å². The average molecular weight is 418 g/mol. The van der Waals surface area contributed by atoms with E-state index < -0.39 is 0 Å². The van der Waals surface area contributed by atoms with Crippen molar-refractivity contribution in [2.24, 2.45) is 0 Å². The SMILES string of the molecule is O=c1[nH]c(-c2ccc(Cl)cc2)nc2c1CN(Cc1ccc(-c3ccccc3)o1)CC2. The van der Waals surface area contributed by atoms with Crippen molar-refractivity contribution in [2.45, 2.75) is 19.5 Å². The Labute approximate surface area is 179 Å². The lowest BCUT2D eigenvalue weighted by Crippen LogP contribution is -2.35. The minimum atomic E-state index is -0.0842. The fourth-order valence-electron chi connectivity index (χ4n) is 3.80. The molecule has 1 aliphatic rings. The average Bonchev–Trinajstić information content (AvgIpc) is 3.24. The van der Waals surface area contributed by atoms with Gasteiger partial charge in [0.1, 0.15) is 17.3 Å². The largest absolute Gasteiger partial charge is 0.460 e. The Balaban J connectivity index is 1.34. The van der Waals surface area contributed by atoms with Gasteiger partial charge < -0.3 is 9.40 Å². The minimum Gasteiger partial charge on any atom is -0.460 e. The van der Waals surface area contributed by atoms with Gasteiger partial charge in [-0.3, -0.25) is 9.69 Å². The lowest BCUT2D eigenvalue weighted by molar-refractivity contribution is 0.223. The molecule has 2 aromatic carbocycles. The second kappa shape index (κ2) is 7.94. The van der Waals surface area contributed by atoms with Gasteiger partial charge in [-0.2, -0.15) is 0 Å². The third-order valence-corrected chi connectivity index (χ3v) is 5.62. The number of halogens is 1. The van der Waals surface area contributed by atoms with Gasteiger partial charge in [-0.15, -0.1) is 0 Å². The summed E-state index contributed by atoms with van der Waals surface area (Å²) in [5.41, 5.74) is 3.42. The first kappa shape index (κ1) is 18.9. The number of nitrogens with one attached hydrogen (secondary N) is 1. The van der Waals surface area contributed by atoms with E-state index >= 15 is 0 Å². The molecule has 4 aromatic rings. The molecule has 0 amide bonds. The molecule has 0 saturated carbocycles. The summed E-state index contributed by atoms with van der Waals surface area (Å²) in [5.74, 6) is 2.33. The second-order valence-corrected chi connectivity index (χ2v) is 7.88. The van der Waals surface area contributed by atoms with E-state index in [0.717, 1.165) is 46.9 Å². The van der Waals surface area contributed by atoms with Crippen molar-refractivity contribution in [2.75, 3.05) is 6.54 Å². The highest BCUT2D eigenvalue weighted by Crippen LogP contribution is 2.25. The van der Waals surface area contributed by atoms with Crippen LogP contribution < -0.4 is 5.56 Å². The highest BCUT2D eigenvalue weighted by molar-refractivity contribution is 6.30. The normalized spacial score (nSPS) is 13.9. The van der Waals surface area contributed by atoms with Crippen LogP contribution in [-0.4, -0.2) is 21.4 Å². The zero-order chi connectivity index (χ0) is 20.5. The van der Waals surface area contributed by atoms with Crippen molar-refractivity contribution in [3.63, 3.8) is 0 Å². The Morgan fingerprint density at radius 3 is 2.60 bits per heavy atom. The number of fused-ring (bicyclic) bond motifs is 1. The first-order chi connectivity index (χ1) is 14.7. The van der Waals surface area contributed by atoms with E-state index in [1.807, 2.05) is 54.6 Å². The number of H-pyrrole nitrogens is 1. The van der Waals surface area contributed by atoms with E-state index in [0.29, 0.717) is 23.9 Å². The van der Waals surface area contributed by atoms with E-state index in [4.69, 9.17) is 21.0 Å². The van der Waals surface area contributed by atoms with Crippen LogP contribution in [0.2, 0.25) is 5.02 Å². The summed E-state index contributed by atoms with van der Waals surface area (Å²) in [4.78, 5) is 22.6. The highest BCUT2D eigenvalue weighted by atomic mass is 35.5. The summed E-state index contributed by atoms with van der Waals surface area (Å²) in [5, 5.41) is 0.656. The zero-order valence-corrected chi connectivity index (χ0v) is 17.0. The van der Waals surface area contributed by atoms with Gasteiger partial charge in [0.25, 0.3) is 5.56 Å². The molecular weight excluding hydrogens is 398 g/mol. The number of aromatic amines is 1. The molecule has 30 heavy (non-hydrogen) atoms. The maximum Gasteiger partial charge on any atom is 0.255 e. The molecular formula is C24H20ClN3O2. The number of furan rings is 1. The van der Waals surface area contributed by atoms with Gasteiger partial charge in [0.15, 0.2) is 0 Å². The predicted octanol–water partition coefficient (Wildman–Crippen LogP) is 4.91. The van der Waals surface area contributed by atoms with Crippen molar-refractivity contribution in [1.82, 2.24) is 14.9 Å². The molecule has 1 N–H and O–H groups in total. The van der Waals surface area contributed by atoms with Crippen molar-refractivity contribution in [1.29, 1.82) is 0 Å². The standard InChI is InChI=1S/C24H20ClN3O2/c25-18-8-6-17(7-9-18)23-26-21-12-13-28(15-20(21)24(29)27-23)14-19-10-11-22(30-19)16-4-2-1-3-5-16/h1-11H,12-15H2,(H,26,27,29). The molecule has 6 heteroatoms. The Bertz CT molecular complexity index is 1230. The molecule has 0 unspecified atom stereocenters. The molecule has 0 fully saturated rings. The molecule has 0 radical (unpaired) electrons. The molecule has 2 aromatic heterocycles. The van der Waals surface area contributed by atoms with Crippen LogP contribution in [0.25, 0.3) is 22.7 Å². The van der Waals surface area contributed by atoms with Crippen molar-refractivity contribution in [3.05, 3.63) is 99.1 Å². The van der Waals surface area contributed by atoms with Crippen molar-refractivity contribution < 1.29 is 4.42 Å². The molecule has 0 spiro atoms. The van der Waals surface area contributed by atoms with Crippen LogP contribution in [0.15, 0.2) is 75.9 Å². The van der Waals surface area contributed by atoms with Gasteiger partial charge in [0, 0.05) is 35.7 Å². The number of benzene rings is 2. The summed E-state index contributed by atoms with van der Waals surface area (Å²) in [6, 6.07) is 21.4. The quantitative estimate of drug-likeness (QED) is 0.512. The van der Waals surface area contributed by atoms with Gasteiger partial charge in [-0.25, -0.2) is 4.98 Å². The van der Waals surface area contributed by atoms with E-state index in [1.165, 1.54) is 0 Å². The molecule has 3 heterocycles. The third-order valence-electron chi connectivity index (χ3n) is 5.36. The van der Waals surface area contributed by atoms with E-state index in [9.17, 15) is 4.79 Å². The van der Waals surface area contributed by atoms with Crippen LogP contribution in [0.4, 0.5) is 0 Å². The Kier molecular flexibility index (Phi) is 4.99. The minimum absolute atomic E-state index is 0.0842. The predicted molar refractivity (Wildman–Crippen MR) is 117 cm³/mol.